The van der Waals surface area contributed by atoms with Crippen molar-refractivity contribution >= 4 is 0 Å². The van der Waals surface area contributed by atoms with E-state index in [4.69, 9.17) is 0 Å². The highest BCUT2D eigenvalue weighted by molar-refractivity contribution is 5.24. The van der Waals surface area contributed by atoms with Crippen molar-refractivity contribution in [2.45, 2.75) is 119 Å². The molecule has 0 aromatic carbocycles. The predicted molar refractivity (Wildman–Crippen MR) is 126 cm³/mol. The minimum absolute atomic E-state index is 0.0950. The molecule has 0 radical (unpaired) electrons. The van der Waals surface area contributed by atoms with E-state index in [9.17, 15) is 5.11 Å². The fourth-order valence-electron chi connectivity index (χ4n) is 8.28. The summed E-state index contributed by atoms with van der Waals surface area (Å²) in [5, 5.41) is 10.2. The van der Waals surface area contributed by atoms with Crippen LogP contribution in [0.2, 0.25) is 0 Å². The van der Waals surface area contributed by atoms with Crippen molar-refractivity contribution in [3.05, 3.63) is 11.6 Å². The lowest BCUT2D eigenvalue weighted by Crippen LogP contribution is -2.46. The molecule has 168 valence electrons. The third kappa shape index (κ3) is 4.51. The average molecular weight is 403 g/mol. The summed E-state index contributed by atoms with van der Waals surface area (Å²) in [4.78, 5) is 0. The number of aliphatic hydroxyl groups excluding tert-OH is 1. The first-order valence-corrected chi connectivity index (χ1v) is 13.0. The predicted octanol–water partition coefficient (Wildman–Crippen LogP) is 8.02. The van der Waals surface area contributed by atoms with E-state index < -0.39 is 0 Å². The van der Waals surface area contributed by atoms with Gasteiger partial charge in [0.15, 0.2) is 0 Å². The largest absolute Gasteiger partial charge is 0.393 e. The molecule has 0 aliphatic heterocycles. The molecule has 0 aromatic heterocycles. The highest BCUT2D eigenvalue weighted by Crippen LogP contribution is 2.62. The Hall–Kier alpha value is -0.300. The van der Waals surface area contributed by atoms with Gasteiger partial charge in [0, 0.05) is 0 Å². The number of rotatable bonds is 7. The molecule has 0 saturated heterocycles. The third-order valence-corrected chi connectivity index (χ3v) is 9.94. The molecule has 6 unspecified atom stereocenters. The molecule has 0 amide bonds. The molecule has 3 rings (SSSR count). The highest BCUT2D eigenvalue weighted by Gasteiger charge is 2.53. The van der Waals surface area contributed by atoms with E-state index in [1.165, 1.54) is 51.4 Å². The summed E-state index contributed by atoms with van der Waals surface area (Å²) >= 11 is 0. The Morgan fingerprint density at radius 1 is 1.07 bits per heavy atom. The molecular formula is C28H50O. The zero-order valence-electron chi connectivity index (χ0n) is 20.6. The van der Waals surface area contributed by atoms with Crippen LogP contribution < -0.4 is 0 Å². The smallest absolute Gasteiger partial charge is 0.0577 e. The summed E-state index contributed by atoms with van der Waals surface area (Å²) in [6.07, 6.45) is 15.3. The van der Waals surface area contributed by atoms with E-state index in [0.29, 0.717) is 10.8 Å². The van der Waals surface area contributed by atoms with Gasteiger partial charge in [-0.05, 0) is 84.9 Å². The van der Waals surface area contributed by atoms with Crippen molar-refractivity contribution < 1.29 is 5.11 Å². The molecule has 2 saturated carbocycles. The maximum absolute atomic E-state index is 10.2. The van der Waals surface area contributed by atoms with Crippen LogP contribution in [0.25, 0.3) is 0 Å². The number of hydrogen-bond acceptors (Lipinski definition) is 1. The quantitative estimate of drug-likeness (QED) is 0.427. The van der Waals surface area contributed by atoms with Crippen LogP contribution in [0.5, 0.6) is 0 Å². The monoisotopic (exact) mass is 402 g/mol. The lowest BCUT2D eigenvalue weighted by atomic mass is 9.51. The van der Waals surface area contributed by atoms with Crippen molar-refractivity contribution in [1.82, 2.24) is 0 Å². The summed E-state index contributed by atoms with van der Waals surface area (Å²) in [5.41, 5.74) is 2.40. The minimum Gasteiger partial charge on any atom is -0.393 e. The molecule has 7 atom stereocenters. The second kappa shape index (κ2) is 9.05. The number of hydrogen-bond donors (Lipinski definition) is 1. The maximum atomic E-state index is 10.2. The fraction of sp³-hybridized carbons (Fsp3) is 0.929. The van der Waals surface area contributed by atoms with Crippen LogP contribution in [0, 0.1) is 46.3 Å². The fourth-order valence-corrected chi connectivity index (χ4v) is 8.28. The number of allylic oxidation sites excluding steroid dienone is 1. The van der Waals surface area contributed by atoms with Crippen LogP contribution in [-0.4, -0.2) is 11.2 Å². The molecule has 3 aliphatic carbocycles. The first kappa shape index (κ1) is 23.4. The van der Waals surface area contributed by atoms with Crippen LogP contribution >= 0.6 is 0 Å². The Morgan fingerprint density at radius 3 is 2.45 bits per heavy atom. The molecule has 0 heterocycles. The van der Waals surface area contributed by atoms with Crippen LogP contribution in [0.4, 0.5) is 0 Å². The second-order valence-corrected chi connectivity index (χ2v) is 12.4. The Morgan fingerprint density at radius 2 is 1.79 bits per heavy atom. The third-order valence-electron chi connectivity index (χ3n) is 9.94. The molecule has 0 spiro atoms. The summed E-state index contributed by atoms with van der Waals surface area (Å²) < 4.78 is 0. The van der Waals surface area contributed by atoms with E-state index in [1.54, 1.807) is 5.57 Å². The van der Waals surface area contributed by atoms with Gasteiger partial charge in [-0.3, -0.25) is 0 Å². The first-order chi connectivity index (χ1) is 13.6. The first-order valence-electron chi connectivity index (χ1n) is 13.0. The van der Waals surface area contributed by atoms with Gasteiger partial charge in [0.25, 0.3) is 0 Å². The van der Waals surface area contributed by atoms with Crippen molar-refractivity contribution in [3.63, 3.8) is 0 Å². The number of aliphatic hydroxyl groups is 1. The van der Waals surface area contributed by atoms with Crippen LogP contribution in [0.1, 0.15) is 113 Å². The molecule has 0 aromatic rings. The van der Waals surface area contributed by atoms with Crippen LogP contribution in [0.3, 0.4) is 0 Å². The normalized spacial score (nSPS) is 40.6. The van der Waals surface area contributed by atoms with Crippen molar-refractivity contribution in [1.29, 1.82) is 0 Å². The van der Waals surface area contributed by atoms with Gasteiger partial charge >= 0.3 is 0 Å². The highest BCUT2D eigenvalue weighted by atomic mass is 16.3. The molecule has 2 fully saturated rings. The zero-order chi connectivity index (χ0) is 21.4. The molecule has 29 heavy (non-hydrogen) atoms. The van der Waals surface area contributed by atoms with E-state index in [-0.39, 0.29) is 6.10 Å². The Bertz CT molecular complexity index is 573. The number of fused-ring (bicyclic) bond motifs is 1. The van der Waals surface area contributed by atoms with Gasteiger partial charge in [-0.2, -0.15) is 0 Å². The standard InChI is InChI=1S/C28H50O/c1-8-24-23(13-12-21-18-22(29)16-17-28(21,24)7)26-15-14-25(27(26,5)6)20(4)11-9-10-19(2)3/h12,19-20,22-26,29H,8-11,13-18H2,1-7H3/t20?,22-,23?,24?,25?,26?,28?/m0/s1. The lowest BCUT2D eigenvalue weighted by Gasteiger charge is -2.53. The summed E-state index contributed by atoms with van der Waals surface area (Å²) in [6, 6.07) is 0. The van der Waals surface area contributed by atoms with Crippen LogP contribution in [-0.2, 0) is 0 Å². The van der Waals surface area contributed by atoms with Gasteiger partial charge in [-0.1, -0.05) is 85.8 Å². The second-order valence-electron chi connectivity index (χ2n) is 12.4. The summed E-state index contributed by atoms with van der Waals surface area (Å²) in [6.45, 7) is 17.5. The van der Waals surface area contributed by atoms with Gasteiger partial charge < -0.3 is 5.11 Å². The molecule has 1 N–H and O–H groups in total. The average Bonchev–Trinajstić information content (AvgIpc) is 2.95. The van der Waals surface area contributed by atoms with E-state index >= 15 is 0 Å². The summed E-state index contributed by atoms with van der Waals surface area (Å²) in [5.74, 6) is 5.11. The van der Waals surface area contributed by atoms with Crippen molar-refractivity contribution in [2.24, 2.45) is 46.3 Å². The Kier molecular flexibility index (Phi) is 7.30. The molecule has 0 bridgehead atoms. The van der Waals surface area contributed by atoms with Gasteiger partial charge in [0.1, 0.15) is 0 Å². The van der Waals surface area contributed by atoms with E-state index in [2.05, 4.69) is 54.5 Å². The Balaban J connectivity index is 1.74. The van der Waals surface area contributed by atoms with Gasteiger partial charge in [-0.15, -0.1) is 0 Å². The van der Waals surface area contributed by atoms with E-state index in [1.807, 2.05) is 0 Å². The van der Waals surface area contributed by atoms with Gasteiger partial charge in [-0.25, -0.2) is 0 Å². The van der Waals surface area contributed by atoms with Gasteiger partial charge in [0.05, 0.1) is 6.10 Å². The van der Waals surface area contributed by atoms with Crippen molar-refractivity contribution in [3.8, 4) is 0 Å². The molecule has 1 nitrogen and oxygen atoms in total. The van der Waals surface area contributed by atoms with Crippen molar-refractivity contribution in [2.75, 3.05) is 0 Å². The van der Waals surface area contributed by atoms with E-state index in [0.717, 1.165) is 48.3 Å². The Labute approximate surface area is 182 Å². The minimum atomic E-state index is -0.0950. The van der Waals surface area contributed by atoms with Crippen LogP contribution in [0.15, 0.2) is 11.6 Å². The topological polar surface area (TPSA) is 20.2 Å². The molecular weight excluding hydrogens is 352 g/mol. The summed E-state index contributed by atoms with van der Waals surface area (Å²) in [7, 11) is 0. The zero-order valence-corrected chi connectivity index (χ0v) is 20.6. The SMILES string of the molecule is CCC1C(C2CCC(C(C)CCCC(C)C)C2(C)C)CC=C2C[C@@H](O)CCC21C. The lowest BCUT2D eigenvalue weighted by molar-refractivity contribution is -0.000896. The molecule has 3 aliphatic rings. The van der Waals surface area contributed by atoms with Gasteiger partial charge in [0.2, 0.25) is 0 Å². The molecule has 1 heteroatoms. The maximum Gasteiger partial charge on any atom is 0.0577 e.